The number of hydrogen-bond acceptors (Lipinski definition) is 3. The van der Waals surface area contributed by atoms with Crippen LogP contribution in [0.5, 0.6) is 5.75 Å². The molecule has 2 aromatic carbocycles. The average Bonchev–Trinajstić information content (AvgIpc) is 2.97. The number of aromatic nitrogens is 2. The molecule has 1 N–H and O–H groups in total. The fraction of sp³-hybridized carbons (Fsp3) is 0.391. The number of imidazole rings is 1. The molecule has 2 heterocycles. The SMILES string of the molecule is CCn1c(=O)n(CCC(=O)NC2CCOc3c(C)cc(C)cc32)c2ccccc21. The molecule has 4 rings (SSSR count). The molecule has 0 saturated heterocycles. The van der Waals surface area contributed by atoms with Crippen LogP contribution in [0.4, 0.5) is 0 Å². The van der Waals surface area contributed by atoms with Crippen LogP contribution in [0.15, 0.2) is 41.2 Å². The van der Waals surface area contributed by atoms with Crippen molar-refractivity contribution in [3.63, 3.8) is 0 Å². The molecule has 3 aromatic rings. The van der Waals surface area contributed by atoms with Crippen molar-refractivity contribution in [3.05, 3.63) is 63.6 Å². The topological polar surface area (TPSA) is 65.3 Å². The lowest BCUT2D eigenvalue weighted by atomic mass is 9.95. The van der Waals surface area contributed by atoms with Gasteiger partial charge in [0.15, 0.2) is 0 Å². The number of benzene rings is 2. The van der Waals surface area contributed by atoms with E-state index in [9.17, 15) is 9.59 Å². The number of nitrogens with zero attached hydrogens (tertiary/aromatic N) is 2. The van der Waals surface area contributed by atoms with Gasteiger partial charge < -0.3 is 10.1 Å². The first kappa shape index (κ1) is 19.3. The smallest absolute Gasteiger partial charge is 0.329 e. The molecule has 29 heavy (non-hydrogen) atoms. The molecule has 0 bridgehead atoms. The van der Waals surface area contributed by atoms with E-state index < -0.39 is 0 Å². The van der Waals surface area contributed by atoms with Crippen LogP contribution in [0.3, 0.4) is 0 Å². The molecular formula is C23H27N3O3. The minimum absolute atomic E-state index is 0.0535. The summed E-state index contributed by atoms with van der Waals surface area (Å²) in [6.45, 7) is 7.60. The number of para-hydroxylation sites is 2. The molecule has 0 fully saturated rings. The molecular weight excluding hydrogens is 366 g/mol. The molecule has 1 aromatic heterocycles. The Hall–Kier alpha value is -3.02. The van der Waals surface area contributed by atoms with Crippen molar-refractivity contribution in [2.45, 2.75) is 52.7 Å². The molecule has 1 atom stereocenters. The van der Waals surface area contributed by atoms with Gasteiger partial charge in [-0.2, -0.15) is 0 Å². The average molecular weight is 393 g/mol. The normalized spacial score (nSPS) is 15.8. The number of fused-ring (bicyclic) bond motifs is 2. The second-order valence-electron chi connectivity index (χ2n) is 7.67. The van der Waals surface area contributed by atoms with E-state index in [1.807, 2.05) is 38.1 Å². The van der Waals surface area contributed by atoms with Gasteiger partial charge in [0.05, 0.1) is 23.7 Å². The lowest BCUT2D eigenvalue weighted by Crippen LogP contribution is -2.33. The summed E-state index contributed by atoms with van der Waals surface area (Å²) in [4.78, 5) is 25.5. The zero-order chi connectivity index (χ0) is 20.5. The molecule has 152 valence electrons. The quantitative estimate of drug-likeness (QED) is 0.722. The molecule has 6 heteroatoms. The zero-order valence-electron chi connectivity index (χ0n) is 17.2. The molecule has 0 radical (unpaired) electrons. The lowest BCUT2D eigenvalue weighted by molar-refractivity contribution is -0.122. The van der Waals surface area contributed by atoms with Crippen LogP contribution in [0, 0.1) is 13.8 Å². The number of ether oxygens (including phenoxy) is 1. The minimum atomic E-state index is -0.0656. The van der Waals surface area contributed by atoms with E-state index in [1.165, 1.54) is 0 Å². The van der Waals surface area contributed by atoms with Gasteiger partial charge in [-0.1, -0.05) is 29.8 Å². The number of hydrogen-bond donors (Lipinski definition) is 1. The van der Waals surface area contributed by atoms with Crippen molar-refractivity contribution in [3.8, 4) is 5.75 Å². The molecule has 1 aliphatic rings. The molecule has 0 saturated carbocycles. The van der Waals surface area contributed by atoms with E-state index in [1.54, 1.807) is 9.13 Å². The van der Waals surface area contributed by atoms with E-state index in [2.05, 4.69) is 24.4 Å². The molecule has 6 nitrogen and oxygen atoms in total. The van der Waals surface area contributed by atoms with Gasteiger partial charge in [0.2, 0.25) is 5.91 Å². The minimum Gasteiger partial charge on any atom is -0.493 e. The molecule has 1 amide bonds. The predicted molar refractivity (Wildman–Crippen MR) is 113 cm³/mol. The van der Waals surface area contributed by atoms with Crippen LogP contribution < -0.4 is 15.7 Å². The second kappa shape index (κ2) is 7.78. The number of amides is 1. The number of aryl methyl sites for hydroxylation is 4. The summed E-state index contributed by atoms with van der Waals surface area (Å²) < 4.78 is 9.27. The third kappa shape index (κ3) is 3.55. The summed E-state index contributed by atoms with van der Waals surface area (Å²) in [7, 11) is 0. The summed E-state index contributed by atoms with van der Waals surface area (Å²) in [5.41, 5.74) is 5.01. The maximum Gasteiger partial charge on any atom is 0.329 e. The standard InChI is InChI=1S/C23H27N3O3/c1-4-25-19-7-5-6-8-20(19)26(23(25)28)11-9-21(27)24-18-10-12-29-22-16(3)13-15(2)14-17(18)22/h5-8,13-14,18H,4,9-12H2,1-3H3,(H,24,27). The largest absolute Gasteiger partial charge is 0.493 e. The van der Waals surface area contributed by atoms with Gasteiger partial charge in [-0.25, -0.2) is 4.79 Å². The third-order valence-corrected chi connectivity index (χ3v) is 5.62. The monoisotopic (exact) mass is 393 g/mol. The van der Waals surface area contributed by atoms with Crippen molar-refractivity contribution in [1.29, 1.82) is 0 Å². The first-order valence-electron chi connectivity index (χ1n) is 10.2. The molecule has 0 spiro atoms. The first-order chi connectivity index (χ1) is 14.0. The summed E-state index contributed by atoms with van der Waals surface area (Å²) in [6.07, 6.45) is 1.01. The maximum atomic E-state index is 12.7. The Labute approximate surface area is 170 Å². The molecule has 0 aliphatic carbocycles. The van der Waals surface area contributed by atoms with Crippen LogP contribution >= 0.6 is 0 Å². The Morgan fingerprint density at radius 3 is 2.62 bits per heavy atom. The van der Waals surface area contributed by atoms with Crippen molar-refractivity contribution in [1.82, 2.24) is 14.5 Å². The summed E-state index contributed by atoms with van der Waals surface area (Å²) in [5, 5.41) is 3.15. The summed E-state index contributed by atoms with van der Waals surface area (Å²) in [6, 6.07) is 11.9. The van der Waals surface area contributed by atoms with Crippen LogP contribution in [0.2, 0.25) is 0 Å². The fourth-order valence-electron chi connectivity index (χ4n) is 4.30. The number of rotatable bonds is 5. The van der Waals surface area contributed by atoms with Crippen molar-refractivity contribution < 1.29 is 9.53 Å². The first-order valence-corrected chi connectivity index (χ1v) is 10.2. The highest BCUT2D eigenvalue weighted by Crippen LogP contribution is 2.35. The lowest BCUT2D eigenvalue weighted by Gasteiger charge is -2.28. The zero-order valence-corrected chi connectivity index (χ0v) is 17.2. The highest BCUT2D eigenvalue weighted by Gasteiger charge is 2.25. The van der Waals surface area contributed by atoms with Crippen LogP contribution in [0.1, 0.15) is 42.5 Å². The van der Waals surface area contributed by atoms with Crippen molar-refractivity contribution in [2.24, 2.45) is 0 Å². The van der Waals surface area contributed by atoms with E-state index in [4.69, 9.17) is 4.74 Å². The summed E-state index contributed by atoms with van der Waals surface area (Å²) in [5.74, 6) is 0.830. The Balaban J connectivity index is 1.51. The third-order valence-electron chi connectivity index (χ3n) is 5.62. The van der Waals surface area contributed by atoms with Gasteiger partial charge in [-0.05, 0) is 38.5 Å². The van der Waals surface area contributed by atoms with Crippen LogP contribution in [-0.4, -0.2) is 21.6 Å². The van der Waals surface area contributed by atoms with Gasteiger partial charge in [0, 0.05) is 31.5 Å². The van der Waals surface area contributed by atoms with Crippen molar-refractivity contribution >= 4 is 16.9 Å². The highest BCUT2D eigenvalue weighted by molar-refractivity contribution is 5.78. The van der Waals surface area contributed by atoms with E-state index in [-0.39, 0.29) is 24.1 Å². The number of nitrogens with one attached hydrogen (secondary N) is 1. The van der Waals surface area contributed by atoms with E-state index >= 15 is 0 Å². The van der Waals surface area contributed by atoms with Gasteiger partial charge in [0.25, 0.3) is 0 Å². The van der Waals surface area contributed by atoms with Crippen LogP contribution in [0.25, 0.3) is 11.0 Å². The van der Waals surface area contributed by atoms with Crippen LogP contribution in [-0.2, 0) is 17.9 Å². The Kier molecular flexibility index (Phi) is 5.18. The number of carbonyl (C=O) groups is 1. The Bertz CT molecular complexity index is 1130. The van der Waals surface area contributed by atoms with Gasteiger partial charge >= 0.3 is 5.69 Å². The van der Waals surface area contributed by atoms with E-state index in [0.29, 0.717) is 19.7 Å². The van der Waals surface area contributed by atoms with E-state index in [0.717, 1.165) is 39.9 Å². The van der Waals surface area contributed by atoms with Gasteiger partial charge in [-0.15, -0.1) is 0 Å². The Morgan fingerprint density at radius 1 is 1.17 bits per heavy atom. The van der Waals surface area contributed by atoms with Gasteiger partial charge in [0.1, 0.15) is 5.75 Å². The fourth-order valence-corrected chi connectivity index (χ4v) is 4.30. The molecule has 1 unspecified atom stereocenters. The predicted octanol–water partition coefficient (Wildman–Crippen LogP) is 3.47. The summed E-state index contributed by atoms with van der Waals surface area (Å²) >= 11 is 0. The Morgan fingerprint density at radius 2 is 1.90 bits per heavy atom. The van der Waals surface area contributed by atoms with Gasteiger partial charge in [-0.3, -0.25) is 13.9 Å². The molecule has 1 aliphatic heterocycles. The number of carbonyl (C=O) groups excluding carboxylic acids is 1. The highest BCUT2D eigenvalue weighted by atomic mass is 16.5. The second-order valence-corrected chi connectivity index (χ2v) is 7.67. The van der Waals surface area contributed by atoms with Crippen molar-refractivity contribution in [2.75, 3.05) is 6.61 Å². The maximum absolute atomic E-state index is 12.7.